The van der Waals surface area contributed by atoms with Gasteiger partial charge in [-0.1, -0.05) is 19.9 Å². The Labute approximate surface area is 227 Å². The summed E-state index contributed by atoms with van der Waals surface area (Å²) in [6, 6.07) is 5.46. The van der Waals surface area contributed by atoms with Crippen LogP contribution in [-0.4, -0.2) is 95.9 Å². The number of hydrogen-bond donors (Lipinski definition) is 1. The third-order valence-electron chi connectivity index (χ3n) is 7.82. The molecule has 2 fully saturated rings. The van der Waals surface area contributed by atoms with E-state index in [1.807, 2.05) is 25.7 Å². The van der Waals surface area contributed by atoms with Gasteiger partial charge in [0.2, 0.25) is 11.8 Å². The molecule has 1 N–H and O–H groups in total. The van der Waals surface area contributed by atoms with Gasteiger partial charge < -0.3 is 19.9 Å². The molecule has 0 saturated carbocycles. The van der Waals surface area contributed by atoms with Crippen LogP contribution in [0.1, 0.15) is 44.6 Å². The fraction of sp³-hybridized carbons (Fsp3) is 0.571. The molecule has 0 aliphatic carbocycles. The standard InChI is InChI=1S/C28H36F2N6O3/c1-17-11-34(22(10-31-17)13-35-12-18(2)39-15-26(35)38)14-25(37)36-16-28(3,4)27-24(36)9-21(32-33-27)7-19-5-6-20(29)8-23(19)30/h5-6,8-9,17-18,22,31H,7,10-16H2,1-4H3/t17?,18?,22-/m1/s1. The number of anilines is 1. The number of rotatable bonds is 6. The lowest BCUT2D eigenvalue weighted by Crippen LogP contribution is -2.62. The van der Waals surface area contributed by atoms with Crippen LogP contribution in [-0.2, 0) is 26.2 Å². The number of benzene rings is 1. The Bertz CT molecular complexity index is 1260. The second kappa shape index (κ2) is 10.9. The first-order valence-corrected chi connectivity index (χ1v) is 13.5. The molecule has 3 aliphatic heterocycles. The number of carbonyl (C=O) groups is 2. The Morgan fingerprint density at radius 3 is 2.74 bits per heavy atom. The van der Waals surface area contributed by atoms with Gasteiger partial charge in [0.15, 0.2) is 0 Å². The number of aromatic nitrogens is 2. The third-order valence-corrected chi connectivity index (χ3v) is 7.82. The summed E-state index contributed by atoms with van der Waals surface area (Å²) in [5, 5.41) is 12.2. The fourth-order valence-corrected chi connectivity index (χ4v) is 5.70. The highest BCUT2D eigenvalue weighted by Crippen LogP contribution is 2.39. The molecular weight excluding hydrogens is 506 g/mol. The first-order valence-electron chi connectivity index (χ1n) is 13.5. The number of fused-ring (bicyclic) bond motifs is 1. The highest BCUT2D eigenvalue weighted by molar-refractivity contribution is 5.97. The Kier molecular flexibility index (Phi) is 7.67. The summed E-state index contributed by atoms with van der Waals surface area (Å²) >= 11 is 0. The molecule has 210 valence electrons. The molecule has 2 aromatic rings. The van der Waals surface area contributed by atoms with Crippen molar-refractivity contribution >= 4 is 17.5 Å². The van der Waals surface area contributed by atoms with Crippen molar-refractivity contribution in [3.8, 4) is 0 Å². The van der Waals surface area contributed by atoms with Crippen molar-refractivity contribution < 1.29 is 23.1 Å². The van der Waals surface area contributed by atoms with Crippen LogP contribution in [0.3, 0.4) is 0 Å². The number of halogens is 2. The quantitative estimate of drug-likeness (QED) is 0.596. The van der Waals surface area contributed by atoms with Gasteiger partial charge >= 0.3 is 0 Å². The van der Waals surface area contributed by atoms with Crippen LogP contribution in [0.4, 0.5) is 14.5 Å². The lowest BCUT2D eigenvalue weighted by atomic mass is 9.91. The largest absolute Gasteiger partial charge is 0.367 e. The SMILES string of the molecule is CC1CN(CC(=O)N2CC(C)(C)c3nnc(Cc4ccc(F)cc4F)cc32)[C@@H](CN2CC(C)OCC2=O)CN1. The van der Waals surface area contributed by atoms with Crippen molar-refractivity contribution in [1.82, 2.24) is 25.3 Å². The summed E-state index contributed by atoms with van der Waals surface area (Å²) in [5.74, 6) is -1.37. The van der Waals surface area contributed by atoms with Crippen LogP contribution in [0.2, 0.25) is 0 Å². The molecule has 0 bridgehead atoms. The summed E-state index contributed by atoms with van der Waals surface area (Å²) in [4.78, 5) is 32.0. The highest BCUT2D eigenvalue weighted by Gasteiger charge is 2.41. The van der Waals surface area contributed by atoms with E-state index in [-0.39, 0.29) is 49.6 Å². The first-order chi connectivity index (χ1) is 18.5. The highest BCUT2D eigenvalue weighted by atomic mass is 19.1. The number of ether oxygens (including phenoxy) is 1. The van der Waals surface area contributed by atoms with Gasteiger partial charge in [0.1, 0.15) is 18.2 Å². The summed E-state index contributed by atoms with van der Waals surface area (Å²) < 4.78 is 33.1. The van der Waals surface area contributed by atoms with E-state index in [0.29, 0.717) is 49.7 Å². The molecule has 2 unspecified atom stereocenters. The van der Waals surface area contributed by atoms with Crippen LogP contribution in [0.5, 0.6) is 0 Å². The molecule has 39 heavy (non-hydrogen) atoms. The number of nitrogens with zero attached hydrogens (tertiary/aromatic N) is 5. The minimum atomic E-state index is -0.641. The number of piperazine rings is 1. The van der Waals surface area contributed by atoms with Crippen LogP contribution < -0.4 is 10.2 Å². The van der Waals surface area contributed by atoms with E-state index in [2.05, 4.69) is 27.3 Å². The van der Waals surface area contributed by atoms with Gasteiger partial charge in [0.05, 0.1) is 29.7 Å². The monoisotopic (exact) mass is 542 g/mol. The molecule has 3 atom stereocenters. The first kappa shape index (κ1) is 27.5. The lowest BCUT2D eigenvalue weighted by molar-refractivity contribution is -0.149. The van der Waals surface area contributed by atoms with Gasteiger partial charge in [-0.15, -0.1) is 0 Å². The normalized spacial score (nSPS) is 25.2. The van der Waals surface area contributed by atoms with Crippen LogP contribution >= 0.6 is 0 Å². The van der Waals surface area contributed by atoms with E-state index in [1.54, 1.807) is 11.0 Å². The van der Waals surface area contributed by atoms with Crippen LogP contribution in [0.25, 0.3) is 0 Å². The van der Waals surface area contributed by atoms with Gasteiger partial charge in [0, 0.05) is 62.7 Å². The minimum Gasteiger partial charge on any atom is -0.367 e. The van der Waals surface area contributed by atoms with E-state index in [9.17, 15) is 18.4 Å². The maximum Gasteiger partial charge on any atom is 0.248 e. The van der Waals surface area contributed by atoms with Gasteiger partial charge in [-0.3, -0.25) is 14.5 Å². The fourth-order valence-electron chi connectivity index (χ4n) is 5.70. The Morgan fingerprint density at radius 2 is 1.97 bits per heavy atom. The van der Waals surface area contributed by atoms with E-state index in [1.165, 1.54) is 12.1 Å². The second-order valence-electron chi connectivity index (χ2n) is 11.7. The number of morpholine rings is 1. The molecule has 0 spiro atoms. The summed E-state index contributed by atoms with van der Waals surface area (Å²) in [7, 11) is 0. The molecule has 3 aliphatic rings. The van der Waals surface area contributed by atoms with Gasteiger partial charge in [-0.25, -0.2) is 8.78 Å². The average Bonchev–Trinajstić information content (AvgIpc) is 3.15. The van der Waals surface area contributed by atoms with Crippen molar-refractivity contribution in [1.29, 1.82) is 0 Å². The minimum absolute atomic E-state index is 0.0120. The van der Waals surface area contributed by atoms with E-state index in [0.717, 1.165) is 11.8 Å². The topological polar surface area (TPSA) is 90.9 Å². The maximum atomic E-state index is 14.3. The molecule has 9 nitrogen and oxygen atoms in total. The molecule has 11 heteroatoms. The van der Waals surface area contributed by atoms with Gasteiger partial charge in [0.25, 0.3) is 0 Å². The maximum absolute atomic E-state index is 14.3. The lowest BCUT2D eigenvalue weighted by Gasteiger charge is -2.42. The number of nitrogens with one attached hydrogen (secondary N) is 1. The second-order valence-corrected chi connectivity index (χ2v) is 11.7. The summed E-state index contributed by atoms with van der Waals surface area (Å²) in [6.45, 7) is 11.2. The molecule has 0 radical (unpaired) electrons. The molecule has 5 rings (SSSR count). The zero-order valence-corrected chi connectivity index (χ0v) is 22.9. The molecule has 2 saturated heterocycles. The number of amides is 2. The van der Waals surface area contributed by atoms with E-state index < -0.39 is 17.0 Å². The van der Waals surface area contributed by atoms with Crippen molar-refractivity contribution in [3.05, 3.63) is 52.9 Å². The van der Waals surface area contributed by atoms with E-state index in [4.69, 9.17) is 4.74 Å². The number of hydrogen-bond acceptors (Lipinski definition) is 7. The zero-order chi connectivity index (χ0) is 27.9. The molecule has 4 heterocycles. The van der Waals surface area contributed by atoms with Crippen molar-refractivity contribution in [2.45, 2.75) is 57.7 Å². The van der Waals surface area contributed by atoms with Gasteiger partial charge in [-0.2, -0.15) is 10.2 Å². The summed E-state index contributed by atoms with van der Waals surface area (Å²) in [6.07, 6.45) is 0.119. The molecule has 2 amide bonds. The number of carbonyl (C=O) groups excluding carboxylic acids is 2. The average molecular weight is 543 g/mol. The van der Waals surface area contributed by atoms with Gasteiger partial charge in [-0.05, 0) is 31.5 Å². The summed E-state index contributed by atoms with van der Waals surface area (Å²) in [5.41, 5.74) is 1.81. The third kappa shape index (κ3) is 5.95. The van der Waals surface area contributed by atoms with Crippen LogP contribution in [0, 0.1) is 11.6 Å². The van der Waals surface area contributed by atoms with Crippen molar-refractivity contribution in [2.75, 3.05) is 50.8 Å². The Hall–Kier alpha value is -3.02. The van der Waals surface area contributed by atoms with Crippen LogP contribution in [0.15, 0.2) is 24.3 Å². The van der Waals surface area contributed by atoms with E-state index >= 15 is 0 Å². The Balaban J connectivity index is 1.34. The van der Waals surface area contributed by atoms with Crippen molar-refractivity contribution in [3.63, 3.8) is 0 Å². The zero-order valence-electron chi connectivity index (χ0n) is 22.9. The molecule has 1 aromatic carbocycles. The Morgan fingerprint density at radius 1 is 1.18 bits per heavy atom. The molecule has 1 aromatic heterocycles. The molecular formula is C28H36F2N6O3. The smallest absolute Gasteiger partial charge is 0.248 e. The predicted octanol–water partition coefficient (Wildman–Crippen LogP) is 1.88. The van der Waals surface area contributed by atoms with Crippen molar-refractivity contribution in [2.24, 2.45) is 0 Å². The predicted molar refractivity (Wildman–Crippen MR) is 141 cm³/mol.